The summed E-state index contributed by atoms with van der Waals surface area (Å²) in [6.07, 6.45) is 0.815. The highest BCUT2D eigenvalue weighted by Gasteiger charge is 2.36. The van der Waals surface area contributed by atoms with Crippen molar-refractivity contribution in [1.29, 1.82) is 0 Å². The average Bonchev–Trinajstić information content (AvgIpc) is 3.01. The first-order valence-corrected chi connectivity index (χ1v) is 15.5. The van der Waals surface area contributed by atoms with Gasteiger partial charge in [0.25, 0.3) is 16.0 Å². The van der Waals surface area contributed by atoms with E-state index >= 15 is 0 Å². The first kappa shape index (κ1) is 32.7. The first-order valence-electron chi connectivity index (χ1n) is 14.1. The molecule has 1 saturated heterocycles. The van der Waals surface area contributed by atoms with Crippen molar-refractivity contribution in [3.05, 3.63) is 107 Å². The van der Waals surface area contributed by atoms with Crippen LogP contribution in [-0.2, 0) is 28.6 Å². The largest absolute Gasteiger partial charge is 0.460 e. The molecule has 10 nitrogen and oxygen atoms in total. The topological polar surface area (TPSA) is 134 Å². The molecule has 1 amide bonds. The number of aromatic nitrogens is 2. The minimum atomic E-state index is -4.17. The summed E-state index contributed by atoms with van der Waals surface area (Å²) in [4.78, 5) is 32.9. The van der Waals surface area contributed by atoms with Gasteiger partial charge in [0, 0.05) is 18.7 Å². The molecule has 0 aliphatic carbocycles. The number of hydrogen-bond acceptors (Lipinski definition) is 9. The van der Waals surface area contributed by atoms with Crippen LogP contribution in [0.25, 0.3) is 11.3 Å². The molecular formula is C32H28F3N3O7S. The highest BCUT2D eigenvalue weighted by molar-refractivity contribution is 7.86. The summed E-state index contributed by atoms with van der Waals surface area (Å²) in [5.41, 5.74) is -0.237. The van der Waals surface area contributed by atoms with E-state index in [2.05, 4.69) is 15.3 Å². The fraction of sp³-hybridized carbons (Fsp3) is 0.250. The zero-order chi connectivity index (χ0) is 33.0. The summed E-state index contributed by atoms with van der Waals surface area (Å²) in [5.74, 6) is -4.55. The Kier molecular flexibility index (Phi) is 9.79. The van der Waals surface area contributed by atoms with Gasteiger partial charge < -0.3 is 14.8 Å². The number of nitrogens with one attached hydrogen (secondary N) is 1. The highest BCUT2D eigenvalue weighted by Crippen LogP contribution is 2.37. The van der Waals surface area contributed by atoms with Gasteiger partial charge in [-0.15, -0.1) is 0 Å². The van der Waals surface area contributed by atoms with Crippen LogP contribution >= 0.6 is 0 Å². The zero-order valence-electron chi connectivity index (χ0n) is 24.6. The van der Waals surface area contributed by atoms with Crippen molar-refractivity contribution in [2.75, 3.05) is 11.9 Å². The smallest absolute Gasteiger partial charge is 0.302 e. The number of benzene rings is 2. The molecule has 46 heavy (non-hydrogen) atoms. The minimum absolute atomic E-state index is 0.0519. The zero-order valence-corrected chi connectivity index (χ0v) is 25.4. The fourth-order valence-corrected chi connectivity index (χ4v) is 5.88. The van der Waals surface area contributed by atoms with E-state index in [0.29, 0.717) is 12.0 Å². The van der Waals surface area contributed by atoms with Crippen LogP contribution in [0.3, 0.4) is 0 Å². The summed E-state index contributed by atoms with van der Waals surface area (Å²) in [6, 6.07) is 12.6. The summed E-state index contributed by atoms with van der Waals surface area (Å²) in [7, 11) is -4.17. The molecule has 0 unspecified atom stereocenters. The second kappa shape index (κ2) is 13.8. The Labute approximate surface area is 262 Å². The number of halogens is 3. The van der Waals surface area contributed by atoms with Gasteiger partial charge in [0.15, 0.2) is 0 Å². The van der Waals surface area contributed by atoms with Crippen molar-refractivity contribution < 1.29 is 44.8 Å². The number of hydrogen-bond donors (Lipinski definition) is 1. The molecule has 1 aliphatic heterocycles. The van der Waals surface area contributed by atoms with Gasteiger partial charge in [0.1, 0.15) is 41.0 Å². The van der Waals surface area contributed by atoms with E-state index in [0.717, 1.165) is 35.9 Å². The first-order chi connectivity index (χ1) is 21.9. The summed E-state index contributed by atoms with van der Waals surface area (Å²) < 4.78 is 85.9. The van der Waals surface area contributed by atoms with Gasteiger partial charge in [0.05, 0.1) is 35.1 Å². The standard InChI is InChI=1S/C32H28F3N3O7S/c1-18-6-8-20(9-7-18)46(41,42)43-17-29-28(44-19(2)39)13-12-27(45-29)21-14-15-36-16-26(21)38-32(40)25-11-10-24(35)31(37-25)30-22(33)4-3-5-23(30)34/h3-11,14-16,27-29H,12-13,17H2,1-2H3,(H,38,40)/t27-,28+,29-/m1/s1. The van der Waals surface area contributed by atoms with E-state index in [1.807, 2.05) is 6.92 Å². The molecular weight excluding hydrogens is 627 g/mol. The Morgan fingerprint density at radius 1 is 0.978 bits per heavy atom. The SMILES string of the molecule is CC(=O)O[C@H]1CC[C@H](c2ccncc2NC(=O)c2ccc(F)c(-c3c(F)cccc3F)n2)O[C@@H]1COS(=O)(=O)c1ccc(C)cc1. The number of pyridine rings is 2. The van der Waals surface area contributed by atoms with Gasteiger partial charge in [-0.25, -0.2) is 18.2 Å². The predicted molar refractivity (Wildman–Crippen MR) is 158 cm³/mol. The van der Waals surface area contributed by atoms with Crippen LogP contribution in [0.15, 0.2) is 78.0 Å². The average molecular weight is 656 g/mol. The maximum absolute atomic E-state index is 14.6. The lowest BCUT2D eigenvalue weighted by atomic mass is 9.96. The molecule has 1 fully saturated rings. The molecule has 0 bridgehead atoms. The normalized spacial score (nSPS) is 18.2. The number of anilines is 1. The van der Waals surface area contributed by atoms with Crippen LogP contribution in [-0.4, -0.2) is 49.1 Å². The van der Waals surface area contributed by atoms with Crippen molar-refractivity contribution in [3.8, 4) is 11.3 Å². The Bertz CT molecular complexity index is 1850. The summed E-state index contributed by atoms with van der Waals surface area (Å²) in [6.45, 7) is 2.57. The third-order valence-corrected chi connectivity index (χ3v) is 8.51. The van der Waals surface area contributed by atoms with Crippen molar-refractivity contribution >= 4 is 27.7 Å². The molecule has 14 heteroatoms. The van der Waals surface area contributed by atoms with Gasteiger partial charge in [-0.1, -0.05) is 23.8 Å². The van der Waals surface area contributed by atoms with Gasteiger partial charge in [0.2, 0.25) is 0 Å². The maximum atomic E-state index is 14.6. The van der Waals surface area contributed by atoms with E-state index in [9.17, 15) is 31.2 Å². The number of amides is 1. The number of ether oxygens (including phenoxy) is 2. The van der Waals surface area contributed by atoms with Crippen LogP contribution < -0.4 is 5.32 Å². The van der Waals surface area contributed by atoms with E-state index in [1.165, 1.54) is 31.5 Å². The third-order valence-electron chi connectivity index (χ3n) is 7.21. The van der Waals surface area contributed by atoms with Crippen LogP contribution in [0.4, 0.5) is 18.9 Å². The number of rotatable bonds is 9. The van der Waals surface area contributed by atoms with Crippen LogP contribution in [0.1, 0.15) is 47.5 Å². The van der Waals surface area contributed by atoms with Crippen LogP contribution in [0, 0.1) is 24.4 Å². The molecule has 2 aromatic carbocycles. The van der Waals surface area contributed by atoms with Gasteiger partial charge in [-0.2, -0.15) is 8.42 Å². The Morgan fingerprint density at radius 3 is 2.39 bits per heavy atom. The molecule has 1 aliphatic rings. The van der Waals surface area contributed by atoms with Gasteiger partial charge in [-0.05, 0) is 62.2 Å². The lowest BCUT2D eigenvalue weighted by Crippen LogP contribution is -2.42. The molecule has 3 heterocycles. The molecule has 3 atom stereocenters. The molecule has 5 rings (SSSR count). The second-order valence-electron chi connectivity index (χ2n) is 10.5. The second-order valence-corrected chi connectivity index (χ2v) is 12.1. The quantitative estimate of drug-likeness (QED) is 0.179. The molecule has 1 N–H and O–H groups in total. The Morgan fingerprint density at radius 2 is 1.70 bits per heavy atom. The van der Waals surface area contributed by atoms with Crippen molar-refractivity contribution in [1.82, 2.24) is 9.97 Å². The molecule has 4 aromatic rings. The lowest BCUT2D eigenvalue weighted by molar-refractivity contribution is -0.174. The number of esters is 1. The van der Waals surface area contributed by atoms with Crippen LogP contribution in [0.2, 0.25) is 0 Å². The minimum Gasteiger partial charge on any atom is -0.460 e. The van der Waals surface area contributed by atoms with Gasteiger partial charge >= 0.3 is 5.97 Å². The fourth-order valence-electron chi connectivity index (χ4n) is 4.97. The van der Waals surface area contributed by atoms with Gasteiger partial charge in [-0.3, -0.25) is 18.8 Å². The molecule has 0 spiro atoms. The number of carbonyl (C=O) groups is 2. The Balaban J connectivity index is 1.36. The number of carbonyl (C=O) groups excluding carboxylic acids is 2. The molecule has 0 radical (unpaired) electrons. The monoisotopic (exact) mass is 655 g/mol. The van der Waals surface area contributed by atoms with E-state index in [4.69, 9.17) is 13.7 Å². The lowest BCUT2D eigenvalue weighted by Gasteiger charge is -2.36. The third kappa shape index (κ3) is 7.41. The Hall–Kier alpha value is -4.66. The molecule has 0 saturated carbocycles. The molecule has 2 aromatic heterocycles. The predicted octanol–water partition coefficient (Wildman–Crippen LogP) is 5.68. The summed E-state index contributed by atoms with van der Waals surface area (Å²) in [5, 5.41) is 2.63. The maximum Gasteiger partial charge on any atom is 0.302 e. The van der Waals surface area contributed by atoms with E-state index < -0.39 is 75.6 Å². The van der Waals surface area contributed by atoms with Crippen molar-refractivity contribution in [2.24, 2.45) is 0 Å². The van der Waals surface area contributed by atoms with Crippen molar-refractivity contribution in [2.45, 2.75) is 49.9 Å². The van der Waals surface area contributed by atoms with E-state index in [1.54, 1.807) is 18.2 Å². The highest BCUT2D eigenvalue weighted by atomic mass is 32.2. The summed E-state index contributed by atoms with van der Waals surface area (Å²) >= 11 is 0. The molecule has 240 valence electrons. The van der Waals surface area contributed by atoms with E-state index in [-0.39, 0.29) is 22.7 Å². The van der Waals surface area contributed by atoms with Crippen LogP contribution in [0.5, 0.6) is 0 Å². The van der Waals surface area contributed by atoms with Crippen molar-refractivity contribution in [3.63, 3.8) is 0 Å². The number of nitrogens with zero attached hydrogens (tertiary/aromatic N) is 2. The number of aryl methyl sites for hydroxylation is 1.